The number of nitrogen functional groups attached to an aromatic ring is 1. The lowest BCUT2D eigenvalue weighted by Crippen LogP contribution is -2.31. The molecule has 0 amide bonds. The third-order valence-corrected chi connectivity index (χ3v) is 4.10. The number of rotatable bonds is 2. The summed E-state index contributed by atoms with van der Waals surface area (Å²) in [6.45, 7) is 2.12. The Morgan fingerprint density at radius 2 is 1.76 bits per heavy atom. The SMILES string of the molecule is Cc1c(N)cccc1N(C)C1CCCCCC1. The molecule has 0 aromatic heterocycles. The monoisotopic (exact) mass is 232 g/mol. The normalized spacial score (nSPS) is 17.8. The van der Waals surface area contributed by atoms with E-state index in [1.165, 1.54) is 49.8 Å². The second-order valence-corrected chi connectivity index (χ2v) is 5.25. The lowest BCUT2D eigenvalue weighted by atomic mass is 10.0. The zero-order chi connectivity index (χ0) is 12.3. The van der Waals surface area contributed by atoms with Gasteiger partial charge in [0.2, 0.25) is 0 Å². The summed E-state index contributed by atoms with van der Waals surface area (Å²) in [7, 11) is 2.22. The highest BCUT2D eigenvalue weighted by molar-refractivity contribution is 5.64. The van der Waals surface area contributed by atoms with Gasteiger partial charge in [0.05, 0.1) is 0 Å². The van der Waals surface area contributed by atoms with Crippen LogP contribution in [-0.2, 0) is 0 Å². The van der Waals surface area contributed by atoms with Gasteiger partial charge < -0.3 is 10.6 Å². The van der Waals surface area contributed by atoms with Gasteiger partial charge >= 0.3 is 0 Å². The Morgan fingerprint density at radius 3 is 2.41 bits per heavy atom. The third-order valence-electron chi connectivity index (χ3n) is 4.10. The number of hydrogen-bond donors (Lipinski definition) is 1. The van der Waals surface area contributed by atoms with Gasteiger partial charge in [-0.25, -0.2) is 0 Å². The Balaban J connectivity index is 2.17. The largest absolute Gasteiger partial charge is 0.398 e. The number of hydrogen-bond acceptors (Lipinski definition) is 2. The fourth-order valence-corrected chi connectivity index (χ4v) is 2.86. The first-order chi connectivity index (χ1) is 8.20. The Morgan fingerprint density at radius 1 is 1.12 bits per heavy atom. The second kappa shape index (κ2) is 5.44. The maximum atomic E-state index is 5.99. The Bertz CT molecular complexity index is 365. The number of nitrogens with zero attached hydrogens (tertiary/aromatic N) is 1. The Kier molecular flexibility index (Phi) is 3.93. The van der Waals surface area contributed by atoms with Crippen LogP contribution in [-0.4, -0.2) is 13.1 Å². The molecule has 2 heteroatoms. The van der Waals surface area contributed by atoms with Crippen molar-refractivity contribution in [1.82, 2.24) is 0 Å². The van der Waals surface area contributed by atoms with Crippen molar-refractivity contribution in [2.24, 2.45) is 0 Å². The first kappa shape index (κ1) is 12.3. The van der Waals surface area contributed by atoms with Crippen molar-refractivity contribution in [3.63, 3.8) is 0 Å². The average Bonchev–Trinajstić information content (AvgIpc) is 2.60. The Labute approximate surface area is 105 Å². The van der Waals surface area contributed by atoms with E-state index in [0.29, 0.717) is 6.04 Å². The van der Waals surface area contributed by atoms with Crippen molar-refractivity contribution in [2.45, 2.75) is 51.5 Å². The second-order valence-electron chi connectivity index (χ2n) is 5.25. The van der Waals surface area contributed by atoms with Gasteiger partial charge in [-0.3, -0.25) is 0 Å². The number of anilines is 2. The fraction of sp³-hybridized carbons (Fsp3) is 0.600. The number of benzene rings is 1. The summed E-state index contributed by atoms with van der Waals surface area (Å²) < 4.78 is 0. The molecule has 2 N–H and O–H groups in total. The number of nitrogens with two attached hydrogens (primary N) is 1. The van der Waals surface area contributed by atoms with E-state index in [0.717, 1.165) is 5.69 Å². The molecule has 0 saturated heterocycles. The van der Waals surface area contributed by atoms with E-state index in [1.807, 2.05) is 6.07 Å². The molecule has 1 aromatic rings. The molecular weight excluding hydrogens is 208 g/mol. The van der Waals surface area contributed by atoms with Gasteiger partial charge in [-0.15, -0.1) is 0 Å². The molecule has 1 saturated carbocycles. The summed E-state index contributed by atoms with van der Waals surface area (Å²) in [5.74, 6) is 0. The van der Waals surface area contributed by atoms with Crippen LogP contribution in [0, 0.1) is 6.92 Å². The predicted octanol–water partition coefficient (Wildman–Crippen LogP) is 3.74. The van der Waals surface area contributed by atoms with Crippen molar-refractivity contribution in [3.05, 3.63) is 23.8 Å². The lowest BCUT2D eigenvalue weighted by Gasteiger charge is -2.31. The van der Waals surface area contributed by atoms with Crippen molar-refractivity contribution in [2.75, 3.05) is 17.7 Å². The van der Waals surface area contributed by atoms with Crippen LogP contribution in [0.2, 0.25) is 0 Å². The first-order valence-electron chi connectivity index (χ1n) is 6.78. The first-order valence-corrected chi connectivity index (χ1v) is 6.78. The quantitative estimate of drug-likeness (QED) is 0.622. The smallest absolute Gasteiger partial charge is 0.0416 e. The van der Waals surface area contributed by atoms with E-state index in [1.54, 1.807) is 0 Å². The van der Waals surface area contributed by atoms with E-state index in [4.69, 9.17) is 5.73 Å². The van der Waals surface area contributed by atoms with Crippen LogP contribution in [0.1, 0.15) is 44.1 Å². The lowest BCUT2D eigenvalue weighted by molar-refractivity contribution is 0.552. The van der Waals surface area contributed by atoms with Gasteiger partial charge in [0, 0.05) is 24.5 Å². The van der Waals surface area contributed by atoms with Crippen LogP contribution in [0.5, 0.6) is 0 Å². The minimum absolute atomic E-state index is 0.693. The van der Waals surface area contributed by atoms with Gasteiger partial charge in [0.25, 0.3) is 0 Å². The minimum Gasteiger partial charge on any atom is -0.398 e. The third kappa shape index (κ3) is 2.74. The van der Waals surface area contributed by atoms with Gasteiger partial charge in [-0.05, 0) is 37.5 Å². The van der Waals surface area contributed by atoms with Gasteiger partial charge in [0.15, 0.2) is 0 Å². The molecule has 0 heterocycles. The highest BCUT2D eigenvalue weighted by Crippen LogP contribution is 2.29. The van der Waals surface area contributed by atoms with E-state index in [9.17, 15) is 0 Å². The molecule has 1 fully saturated rings. The molecule has 0 atom stereocenters. The molecule has 0 radical (unpaired) electrons. The van der Waals surface area contributed by atoms with Crippen molar-refractivity contribution in [1.29, 1.82) is 0 Å². The van der Waals surface area contributed by atoms with Gasteiger partial charge in [-0.1, -0.05) is 31.7 Å². The molecule has 0 unspecified atom stereocenters. The molecular formula is C15H24N2. The summed E-state index contributed by atoms with van der Waals surface area (Å²) >= 11 is 0. The zero-order valence-corrected chi connectivity index (χ0v) is 11.1. The molecule has 1 aromatic carbocycles. The minimum atomic E-state index is 0.693. The van der Waals surface area contributed by atoms with Crippen molar-refractivity contribution < 1.29 is 0 Å². The standard InChI is InChI=1S/C15H24N2/c1-12-14(16)10-7-11-15(12)17(2)13-8-5-3-4-6-9-13/h7,10-11,13H,3-6,8-9,16H2,1-2H3. The van der Waals surface area contributed by atoms with E-state index in [-0.39, 0.29) is 0 Å². The molecule has 94 valence electrons. The molecule has 2 nitrogen and oxygen atoms in total. The van der Waals surface area contributed by atoms with Crippen LogP contribution in [0.25, 0.3) is 0 Å². The van der Waals surface area contributed by atoms with Gasteiger partial charge in [0.1, 0.15) is 0 Å². The highest BCUT2D eigenvalue weighted by atomic mass is 15.1. The van der Waals surface area contributed by atoms with Crippen LogP contribution in [0.3, 0.4) is 0 Å². The topological polar surface area (TPSA) is 29.3 Å². The average molecular weight is 232 g/mol. The highest BCUT2D eigenvalue weighted by Gasteiger charge is 2.18. The molecule has 1 aliphatic carbocycles. The summed E-state index contributed by atoms with van der Waals surface area (Å²) in [5, 5.41) is 0. The summed E-state index contributed by atoms with van der Waals surface area (Å²) in [6.07, 6.45) is 8.20. The van der Waals surface area contributed by atoms with Gasteiger partial charge in [-0.2, -0.15) is 0 Å². The molecule has 2 rings (SSSR count). The van der Waals surface area contributed by atoms with E-state index < -0.39 is 0 Å². The molecule has 1 aliphatic rings. The Hall–Kier alpha value is -1.18. The summed E-state index contributed by atoms with van der Waals surface area (Å²) in [4.78, 5) is 2.44. The maximum absolute atomic E-state index is 5.99. The predicted molar refractivity (Wildman–Crippen MR) is 75.5 cm³/mol. The van der Waals surface area contributed by atoms with Crippen LogP contribution in [0.15, 0.2) is 18.2 Å². The zero-order valence-electron chi connectivity index (χ0n) is 11.1. The molecule has 17 heavy (non-hydrogen) atoms. The molecule has 0 bridgehead atoms. The van der Waals surface area contributed by atoms with E-state index >= 15 is 0 Å². The van der Waals surface area contributed by atoms with Crippen LogP contribution in [0.4, 0.5) is 11.4 Å². The fourth-order valence-electron chi connectivity index (χ4n) is 2.86. The van der Waals surface area contributed by atoms with Crippen molar-refractivity contribution >= 4 is 11.4 Å². The van der Waals surface area contributed by atoms with Crippen LogP contribution >= 0.6 is 0 Å². The summed E-state index contributed by atoms with van der Waals surface area (Å²) in [6, 6.07) is 6.93. The summed E-state index contributed by atoms with van der Waals surface area (Å²) in [5.41, 5.74) is 9.42. The maximum Gasteiger partial charge on any atom is 0.0416 e. The van der Waals surface area contributed by atoms with Crippen molar-refractivity contribution in [3.8, 4) is 0 Å². The molecule has 0 spiro atoms. The van der Waals surface area contributed by atoms with Crippen LogP contribution < -0.4 is 10.6 Å². The molecule has 0 aliphatic heterocycles. The van der Waals surface area contributed by atoms with E-state index in [2.05, 4.69) is 31.0 Å².